The van der Waals surface area contributed by atoms with E-state index in [0.29, 0.717) is 28.4 Å². The molecule has 1 heterocycles. The molecule has 0 aliphatic heterocycles. The first-order valence-corrected chi connectivity index (χ1v) is 8.12. The van der Waals surface area contributed by atoms with E-state index in [1.165, 1.54) is 0 Å². The summed E-state index contributed by atoms with van der Waals surface area (Å²) in [5, 5.41) is 21.0. The highest BCUT2D eigenvalue weighted by Crippen LogP contribution is 2.37. The van der Waals surface area contributed by atoms with E-state index in [9.17, 15) is 15.2 Å². The van der Waals surface area contributed by atoms with E-state index in [1.807, 2.05) is 34.9 Å². The average Bonchev–Trinajstić information content (AvgIpc) is 2.97. The number of hydrogen-bond acceptors (Lipinski definition) is 3. The first-order valence-electron chi connectivity index (χ1n) is 8.12. The van der Waals surface area contributed by atoms with E-state index in [4.69, 9.17) is 5.73 Å². The van der Waals surface area contributed by atoms with Crippen LogP contribution in [0.3, 0.4) is 0 Å². The molecule has 1 aromatic heterocycles. The molecule has 5 nitrogen and oxygen atoms in total. The Balaban J connectivity index is 2.09. The number of carbonyl (C=O) groups excluding carboxylic acids is 1. The van der Waals surface area contributed by atoms with E-state index < -0.39 is 5.91 Å². The van der Waals surface area contributed by atoms with Crippen molar-refractivity contribution in [3.63, 3.8) is 0 Å². The molecule has 0 bridgehead atoms. The zero-order valence-electron chi connectivity index (χ0n) is 13.8. The molecule has 3 aromatic carbocycles. The lowest BCUT2D eigenvalue weighted by Gasteiger charge is -2.09. The minimum atomic E-state index is -0.546. The van der Waals surface area contributed by atoms with Gasteiger partial charge in [-0.3, -0.25) is 4.79 Å². The van der Waals surface area contributed by atoms with Crippen molar-refractivity contribution < 1.29 is 9.90 Å². The van der Waals surface area contributed by atoms with Crippen molar-refractivity contribution in [1.82, 2.24) is 4.57 Å². The molecule has 4 rings (SSSR count). The van der Waals surface area contributed by atoms with E-state index in [-0.39, 0.29) is 5.75 Å². The number of fused-ring (bicyclic) bond motifs is 3. The van der Waals surface area contributed by atoms with Gasteiger partial charge in [0.1, 0.15) is 5.75 Å². The van der Waals surface area contributed by atoms with Crippen LogP contribution in [0.4, 0.5) is 0 Å². The van der Waals surface area contributed by atoms with Gasteiger partial charge in [-0.1, -0.05) is 30.3 Å². The van der Waals surface area contributed by atoms with E-state index >= 15 is 0 Å². The molecular weight excluding hydrogens is 326 g/mol. The third-order valence-corrected chi connectivity index (χ3v) is 4.63. The maximum atomic E-state index is 11.9. The van der Waals surface area contributed by atoms with Crippen LogP contribution in [0, 0.1) is 11.3 Å². The summed E-state index contributed by atoms with van der Waals surface area (Å²) in [6, 6.07) is 20.1. The van der Waals surface area contributed by atoms with Crippen molar-refractivity contribution in [2.45, 2.75) is 6.54 Å². The Bertz CT molecular complexity index is 1220. The Labute approximate surface area is 149 Å². The van der Waals surface area contributed by atoms with Crippen LogP contribution in [0.2, 0.25) is 0 Å². The quantitative estimate of drug-likeness (QED) is 0.597. The molecule has 0 aliphatic carbocycles. The summed E-state index contributed by atoms with van der Waals surface area (Å²) in [5.41, 5.74) is 8.93. The fourth-order valence-electron chi connectivity index (χ4n) is 3.48. The Morgan fingerprint density at radius 2 is 1.69 bits per heavy atom. The number of amides is 1. The SMILES string of the molecule is N#Cc1ccccc1Cn1c2cccc(O)c2c2c(C(N)=O)cccc21. The van der Waals surface area contributed by atoms with E-state index in [0.717, 1.165) is 16.6 Å². The van der Waals surface area contributed by atoms with Gasteiger partial charge in [-0.05, 0) is 35.9 Å². The van der Waals surface area contributed by atoms with Crippen LogP contribution in [0.1, 0.15) is 21.5 Å². The van der Waals surface area contributed by atoms with Gasteiger partial charge in [-0.2, -0.15) is 5.26 Å². The van der Waals surface area contributed by atoms with Crippen molar-refractivity contribution in [1.29, 1.82) is 5.26 Å². The summed E-state index contributed by atoms with van der Waals surface area (Å²) < 4.78 is 1.99. The summed E-state index contributed by atoms with van der Waals surface area (Å²) in [7, 11) is 0. The molecule has 0 unspecified atom stereocenters. The van der Waals surface area contributed by atoms with Crippen molar-refractivity contribution in [2.24, 2.45) is 5.73 Å². The summed E-state index contributed by atoms with van der Waals surface area (Å²) in [5.74, 6) is -0.455. The summed E-state index contributed by atoms with van der Waals surface area (Å²) in [4.78, 5) is 11.9. The van der Waals surface area contributed by atoms with Crippen LogP contribution in [0.15, 0.2) is 60.7 Å². The number of aromatic hydroxyl groups is 1. The first-order chi connectivity index (χ1) is 12.6. The Morgan fingerprint density at radius 3 is 2.42 bits per heavy atom. The van der Waals surface area contributed by atoms with Gasteiger partial charge in [0.2, 0.25) is 5.91 Å². The molecule has 0 aliphatic rings. The highest BCUT2D eigenvalue weighted by Gasteiger charge is 2.19. The molecular formula is C21H15N3O2. The largest absolute Gasteiger partial charge is 0.507 e. The fraction of sp³-hybridized carbons (Fsp3) is 0.0476. The number of carbonyl (C=O) groups is 1. The summed E-state index contributed by atoms with van der Waals surface area (Å²) in [6.45, 7) is 0.440. The number of rotatable bonds is 3. The van der Waals surface area contributed by atoms with Gasteiger partial charge in [0.25, 0.3) is 0 Å². The molecule has 26 heavy (non-hydrogen) atoms. The number of benzene rings is 3. The lowest BCUT2D eigenvalue weighted by molar-refractivity contribution is 0.100. The number of nitriles is 1. The highest BCUT2D eigenvalue weighted by atomic mass is 16.3. The van der Waals surface area contributed by atoms with Gasteiger partial charge in [0.15, 0.2) is 0 Å². The maximum Gasteiger partial charge on any atom is 0.249 e. The average molecular weight is 341 g/mol. The minimum Gasteiger partial charge on any atom is -0.507 e. The Hall–Kier alpha value is -3.78. The van der Waals surface area contributed by atoms with Gasteiger partial charge in [0.05, 0.1) is 28.1 Å². The van der Waals surface area contributed by atoms with Crippen LogP contribution in [0.25, 0.3) is 21.8 Å². The van der Waals surface area contributed by atoms with Gasteiger partial charge < -0.3 is 15.4 Å². The van der Waals surface area contributed by atoms with Crippen molar-refractivity contribution in [3.05, 3.63) is 77.4 Å². The summed E-state index contributed by atoms with van der Waals surface area (Å²) >= 11 is 0. The van der Waals surface area contributed by atoms with E-state index in [2.05, 4.69) is 6.07 Å². The molecule has 1 amide bonds. The van der Waals surface area contributed by atoms with Gasteiger partial charge in [0, 0.05) is 17.5 Å². The minimum absolute atomic E-state index is 0.0912. The number of aromatic nitrogens is 1. The lowest BCUT2D eigenvalue weighted by Crippen LogP contribution is -2.11. The molecule has 0 spiro atoms. The zero-order valence-corrected chi connectivity index (χ0v) is 13.8. The van der Waals surface area contributed by atoms with Gasteiger partial charge in [-0.15, -0.1) is 0 Å². The Kier molecular flexibility index (Phi) is 3.59. The predicted molar refractivity (Wildman–Crippen MR) is 99.9 cm³/mol. The molecule has 0 atom stereocenters. The third kappa shape index (κ3) is 2.28. The normalized spacial score (nSPS) is 10.9. The number of nitrogens with two attached hydrogens (primary N) is 1. The molecule has 3 N–H and O–H groups in total. The van der Waals surface area contributed by atoms with Crippen molar-refractivity contribution >= 4 is 27.7 Å². The smallest absolute Gasteiger partial charge is 0.249 e. The standard InChI is InChI=1S/C21H15N3O2/c22-11-13-5-1-2-6-14(13)12-24-16-8-3-7-15(21(23)26)19(16)20-17(24)9-4-10-18(20)25/h1-10,25H,12H2,(H2,23,26). The summed E-state index contributed by atoms with van der Waals surface area (Å²) in [6.07, 6.45) is 0. The second-order valence-electron chi connectivity index (χ2n) is 6.09. The first kappa shape index (κ1) is 15.7. The second kappa shape index (κ2) is 5.94. The lowest BCUT2D eigenvalue weighted by atomic mass is 10.1. The number of nitrogens with zero attached hydrogens (tertiary/aromatic N) is 2. The molecule has 0 saturated heterocycles. The van der Waals surface area contributed by atoms with Crippen LogP contribution in [-0.4, -0.2) is 15.6 Å². The number of primary amides is 1. The highest BCUT2D eigenvalue weighted by molar-refractivity contribution is 6.19. The molecule has 4 aromatic rings. The van der Waals surface area contributed by atoms with Crippen LogP contribution >= 0.6 is 0 Å². The second-order valence-corrected chi connectivity index (χ2v) is 6.09. The molecule has 5 heteroatoms. The number of phenolic OH excluding ortho intramolecular Hbond substituents is 1. The van der Waals surface area contributed by atoms with Gasteiger partial charge in [-0.25, -0.2) is 0 Å². The van der Waals surface area contributed by atoms with Gasteiger partial charge >= 0.3 is 0 Å². The van der Waals surface area contributed by atoms with E-state index in [1.54, 1.807) is 30.3 Å². The predicted octanol–water partition coefficient (Wildman–Crippen LogP) is 3.52. The monoisotopic (exact) mass is 341 g/mol. The Morgan fingerprint density at radius 1 is 1.00 bits per heavy atom. The van der Waals surface area contributed by atoms with Crippen LogP contribution in [0.5, 0.6) is 5.75 Å². The van der Waals surface area contributed by atoms with Crippen molar-refractivity contribution in [3.8, 4) is 11.8 Å². The molecule has 0 saturated carbocycles. The number of hydrogen-bond donors (Lipinski definition) is 2. The topological polar surface area (TPSA) is 92.0 Å². The maximum absolute atomic E-state index is 11.9. The molecule has 126 valence electrons. The fourth-order valence-corrected chi connectivity index (χ4v) is 3.48. The zero-order chi connectivity index (χ0) is 18.3. The molecule has 0 fully saturated rings. The van der Waals surface area contributed by atoms with Crippen LogP contribution < -0.4 is 5.73 Å². The van der Waals surface area contributed by atoms with Crippen LogP contribution in [-0.2, 0) is 6.54 Å². The molecule has 0 radical (unpaired) electrons. The van der Waals surface area contributed by atoms with Crippen molar-refractivity contribution in [2.75, 3.05) is 0 Å². The number of phenols is 1. The third-order valence-electron chi connectivity index (χ3n) is 4.63.